The molecule has 0 aromatic carbocycles. The lowest BCUT2D eigenvalue weighted by molar-refractivity contribution is -0.116. The van der Waals surface area contributed by atoms with Crippen LogP contribution in [0.1, 0.15) is 38.7 Å². The minimum Gasteiger partial charge on any atom is -0.360 e. The molecule has 106 valence electrons. The lowest BCUT2D eigenvalue weighted by atomic mass is 10.1. The zero-order valence-corrected chi connectivity index (χ0v) is 12.5. The molecule has 2 rings (SSSR count). The molecule has 2 aromatic rings. The van der Waals surface area contributed by atoms with Crippen molar-refractivity contribution in [2.45, 2.75) is 33.6 Å². The number of hydrogen-bond donors (Lipinski definition) is 1. The summed E-state index contributed by atoms with van der Waals surface area (Å²) in [6.45, 7) is 5.63. The van der Waals surface area contributed by atoms with E-state index in [2.05, 4.69) is 10.5 Å². The minimum absolute atomic E-state index is 0.00154. The molecule has 0 spiro atoms. The average molecular weight is 292 g/mol. The Labute approximate surface area is 121 Å². The number of Topliss-reactive ketones (excluding diaryl/α,β-unsaturated/α-hetero) is 1. The number of nitrogens with zero attached hydrogens (tertiary/aromatic N) is 1. The monoisotopic (exact) mass is 292 g/mol. The Morgan fingerprint density at radius 1 is 1.25 bits per heavy atom. The molecule has 0 aliphatic carbocycles. The second kappa shape index (κ2) is 6.00. The first-order valence-electron chi connectivity index (χ1n) is 6.29. The molecule has 0 bridgehead atoms. The van der Waals surface area contributed by atoms with Crippen LogP contribution in [0.25, 0.3) is 0 Å². The fourth-order valence-electron chi connectivity index (χ4n) is 1.90. The van der Waals surface area contributed by atoms with Gasteiger partial charge in [-0.1, -0.05) is 5.16 Å². The Kier molecular flexibility index (Phi) is 4.34. The van der Waals surface area contributed by atoms with E-state index in [0.717, 1.165) is 15.3 Å². The Hall–Kier alpha value is -1.95. The van der Waals surface area contributed by atoms with Crippen molar-refractivity contribution in [2.24, 2.45) is 0 Å². The molecule has 2 heterocycles. The summed E-state index contributed by atoms with van der Waals surface area (Å²) in [6.07, 6.45) is 0.332. The van der Waals surface area contributed by atoms with Gasteiger partial charge in [0.25, 0.3) is 0 Å². The molecule has 0 aliphatic rings. The number of carbonyl (C=O) groups is 2. The second-order valence-electron chi connectivity index (χ2n) is 4.62. The van der Waals surface area contributed by atoms with Gasteiger partial charge in [0.05, 0.1) is 0 Å². The largest absolute Gasteiger partial charge is 0.360 e. The summed E-state index contributed by atoms with van der Waals surface area (Å²) in [4.78, 5) is 25.8. The van der Waals surface area contributed by atoms with Gasteiger partial charge in [0.2, 0.25) is 5.91 Å². The third-order valence-corrected chi connectivity index (χ3v) is 3.78. The average Bonchev–Trinajstić information content (AvgIpc) is 2.92. The van der Waals surface area contributed by atoms with Crippen LogP contribution >= 0.6 is 11.3 Å². The molecule has 0 radical (unpaired) electrons. The van der Waals surface area contributed by atoms with Gasteiger partial charge in [0, 0.05) is 34.2 Å². The molecule has 1 amide bonds. The molecule has 0 fully saturated rings. The van der Waals surface area contributed by atoms with E-state index >= 15 is 0 Å². The summed E-state index contributed by atoms with van der Waals surface area (Å²) in [5, 5.41) is 6.26. The van der Waals surface area contributed by atoms with Crippen LogP contribution in [0.4, 0.5) is 5.82 Å². The van der Waals surface area contributed by atoms with Crippen LogP contribution in [0.3, 0.4) is 0 Å². The fraction of sp³-hybridized carbons (Fsp3) is 0.357. The summed E-state index contributed by atoms with van der Waals surface area (Å²) >= 11 is 1.59. The van der Waals surface area contributed by atoms with Crippen LogP contribution in [-0.2, 0) is 4.79 Å². The number of amides is 1. The van der Waals surface area contributed by atoms with Gasteiger partial charge < -0.3 is 9.84 Å². The molecule has 0 unspecified atom stereocenters. The van der Waals surface area contributed by atoms with Gasteiger partial charge in [0.1, 0.15) is 5.76 Å². The topological polar surface area (TPSA) is 72.2 Å². The van der Waals surface area contributed by atoms with Crippen molar-refractivity contribution in [3.05, 3.63) is 33.2 Å². The van der Waals surface area contributed by atoms with Gasteiger partial charge in [-0.2, -0.15) is 0 Å². The highest BCUT2D eigenvalue weighted by atomic mass is 32.1. The van der Waals surface area contributed by atoms with Gasteiger partial charge in [0.15, 0.2) is 11.6 Å². The van der Waals surface area contributed by atoms with Gasteiger partial charge in [-0.05, 0) is 26.8 Å². The van der Waals surface area contributed by atoms with Crippen LogP contribution < -0.4 is 5.32 Å². The van der Waals surface area contributed by atoms with Gasteiger partial charge in [-0.25, -0.2) is 0 Å². The van der Waals surface area contributed by atoms with E-state index in [9.17, 15) is 9.59 Å². The first-order chi connectivity index (χ1) is 9.45. The zero-order valence-electron chi connectivity index (χ0n) is 11.6. The highest BCUT2D eigenvalue weighted by Gasteiger charge is 2.14. The molecular weight excluding hydrogens is 276 g/mol. The summed E-state index contributed by atoms with van der Waals surface area (Å²) in [7, 11) is 0. The van der Waals surface area contributed by atoms with Crippen molar-refractivity contribution < 1.29 is 14.1 Å². The molecule has 0 saturated heterocycles. The van der Waals surface area contributed by atoms with E-state index in [1.54, 1.807) is 24.3 Å². The van der Waals surface area contributed by atoms with Gasteiger partial charge in [-0.15, -0.1) is 11.3 Å². The molecule has 20 heavy (non-hydrogen) atoms. The van der Waals surface area contributed by atoms with Crippen molar-refractivity contribution in [1.29, 1.82) is 0 Å². The number of nitrogens with one attached hydrogen (secondary N) is 1. The van der Waals surface area contributed by atoms with E-state index < -0.39 is 0 Å². The molecular formula is C14H16N2O3S. The standard InChI is InChI=1S/C14H16N2O3S/c1-8-6-13(16-19-8)15-14(18)5-4-12(17)11-7-9(2)20-10(11)3/h6-7H,4-5H2,1-3H3,(H,15,16,18). The maximum absolute atomic E-state index is 12.0. The summed E-state index contributed by atoms with van der Waals surface area (Å²) in [5.41, 5.74) is 0.720. The number of rotatable bonds is 5. The van der Waals surface area contributed by atoms with Crippen LogP contribution in [-0.4, -0.2) is 16.8 Å². The quantitative estimate of drug-likeness (QED) is 0.858. The molecule has 0 atom stereocenters. The van der Waals surface area contributed by atoms with E-state index in [1.165, 1.54) is 0 Å². The third-order valence-electron chi connectivity index (χ3n) is 2.82. The highest BCUT2D eigenvalue weighted by molar-refractivity contribution is 7.12. The number of ketones is 1. The molecule has 0 saturated carbocycles. The molecule has 5 nitrogen and oxygen atoms in total. The van der Waals surface area contributed by atoms with Crippen molar-refractivity contribution in [3.8, 4) is 0 Å². The van der Waals surface area contributed by atoms with E-state index in [4.69, 9.17) is 4.52 Å². The van der Waals surface area contributed by atoms with Crippen molar-refractivity contribution in [1.82, 2.24) is 5.16 Å². The molecule has 1 N–H and O–H groups in total. The first-order valence-corrected chi connectivity index (χ1v) is 7.11. The van der Waals surface area contributed by atoms with Crippen LogP contribution in [0, 0.1) is 20.8 Å². The summed E-state index contributed by atoms with van der Waals surface area (Å²) in [6, 6.07) is 3.51. The number of anilines is 1. The Morgan fingerprint density at radius 2 is 2.00 bits per heavy atom. The van der Waals surface area contributed by atoms with E-state index in [1.807, 2.05) is 19.9 Å². The number of aryl methyl sites for hydroxylation is 3. The second-order valence-corrected chi connectivity index (χ2v) is 6.08. The molecule has 0 aliphatic heterocycles. The predicted octanol–water partition coefficient (Wildman–Crippen LogP) is 3.26. The lowest BCUT2D eigenvalue weighted by Gasteiger charge is -2.01. The summed E-state index contributed by atoms with van der Waals surface area (Å²) < 4.78 is 4.85. The normalized spacial score (nSPS) is 10.6. The van der Waals surface area contributed by atoms with Crippen LogP contribution in [0.15, 0.2) is 16.7 Å². The minimum atomic E-state index is -0.240. The first kappa shape index (κ1) is 14.5. The lowest BCUT2D eigenvalue weighted by Crippen LogP contribution is -2.13. The number of aromatic nitrogens is 1. The van der Waals surface area contributed by atoms with Crippen LogP contribution in [0.5, 0.6) is 0 Å². The SMILES string of the molecule is Cc1cc(NC(=O)CCC(=O)c2cc(C)sc2C)no1. The zero-order chi connectivity index (χ0) is 14.7. The fourth-order valence-corrected chi connectivity index (χ4v) is 2.84. The number of carbonyl (C=O) groups excluding carboxylic acids is 2. The van der Waals surface area contributed by atoms with E-state index in [0.29, 0.717) is 11.6 Å². The number of hydrogen-bond acceptors (Lipinski definition) is 5. The predicted molar refractivity (Wildman–Crippen MR) is 77.2 cm³/mol. The van der Waals surface area contributed by atoms with Crippen molar-refractivity contribution in [2.75, 3.05) is 5.32 Å². The number of thiophene rings is 1. The van der Waals surface area contributed by atoms with Crippen molar-refractivity contribution >= 4 is 28.8 Å². The molecule has 6 heteroatoms. The Morgan fingerprint density at radius 3 is 2.55 bits per heavy atom. The maximum Gasteiger partial charge on any atom is 0.226 e. The molecule has 2 aromatic heterocycles. The smallest absolute Gasteiger partial charge is 0.226 e. The maximum atomic E-state index is 12.0. The van der Waals surface area contributed by atoms with Crippen LogP contribution in [0.2, 0.25) is 0 Å². The van der Waals surface area contributed by atoms with Gasteiger partial charge in [-0.3, -0.25) is 9.59 Å². The Bertz CT molecular complexity index is 643. The van der Waals surface area contributed by atoms with Crippen molar-refractivity contribution in [3.63, 3.8) is 0 Å². The summed E-state index contributed by atoms with van der Waals surface area (Å²) in [5.74, 6) is 0.762. The Balaban J connectivity index is 1.87. The van der Waals surface area contributed by atoms with E-state index in [-0.39, 0.29) is 24.5 Å². The van der Waals surface area contributed by atoms with Gasteiger partial charge >= 0.3 is 0 Å². The third kappa shape index (κ3) is 3.54. The highest BCUT2D eigenvalue weighted by Crippen LogP contribution is 2.22.